The van der Waals surface area contributed by atoms with Gasteiger partial charge in [-0.25, -0.2) is 0 Å². The zero-order chi connectivity index (χ0) is 26.1. The van der Waals surface area contributed by atoms with Gasteiger partial charge in [-0.1, -0.05) is 37.1 Å². The van der Waals surface area contributed by atoms with Crippen LogP contribution < -0.4 is 10.3 Å². The Bertz CT molecular complexity index is 1190. The highest BCUT2D eigenvalue weighted by atomic mass is 16.5. The molecule has 5 heteroatoms. The molecule has 0 fully saturated rings. The fourth-order valence-corrected chi connectivity index (χ4v) is 3.72. The summed E-state index contributed by atoms with van der Waals surface area (Å²) in [5.41, 5.74) is 4.27. The van der Waals surface area contributed by atoms with Crippen molar-refractivity contribution < 1.29 is 14.6 Å². The van der Waals surface area contributed by atoms with Crippen molar-refractivity contribution in [3.8, 4) is 29.7 Å². The highest BCUT2D eigenvalue weighted by molar-refractivity contribution is 5.98. The van der Waals surface area contributed by atoms with E-state index in [0.717, 1.165) is 58.2 Å². The Balaban J connectivity index is 0.000000733. The van der Waals surface area contributed by atoms with Gasteiger partial charge >= 0.3 is 0 Å². The summed E-state index contributed by atoms with van der Waals surface area (Å²) in [5.74, 6) is 0.863. The number of nitrogens with zero attached hydrogens (tertiary/aromatic N) is 1. The Morgan fingerprint density at radius 2 is 1.71 bits per heavy atom. The standard InChI is InChI=1S/C23H25NO3.C4H10O.C2H2/c1-5-6-16-14-17(8-10-21(16)27-4)22-18-9-7-15(2)13-19(18)23(26)24(3)20(22)11-12-25;1-4(2,3)5;1-2/h7-10,12-14H,5-6,11H2,1-4H3;5H,1-3H3;1-2H. The summed E-state index contributed by atoms with van der Waals surface area (Å²) in [4.78, 5) is 24.2. The number of terminal acetylenes is 1. The van der Waals surface area contributed by atoms with Crippen LogP contribution >= 0.6 is 0 Å². The number of carbonyl (C=O) groups is 1. The van der Waals surface area contributed by atoms with Crippen molar-refractivity contribution in [3.05, 3.63) is 63.6 Å². The maximum atomic E-state index is 12.9. The van der Waals surface area contributed by atoms with Crippen molar-refractivity contribution in [1.82, 2.24) is 4.57 Å². The fraction of sp³-hybridized carbons (Fsp3) is 0.379. The third-order valence-corrected chi connectivity index (χ3v) is 5.04. The lowest BCUT2D eigenvalue weighted by Gasteiger charge is -2.18. The Kier molecular flexibility index (Phi) is 10.8. The van der Waals surface area contributed by atoms with Crippen molar-refractivity contribution in [3.63, 3.8) is 0 Å². The maximum Gasteiger partial charge on any atom is 0.258 e. The van der Waals surface area contributed by atoms with E-state index in [-0.39, 0.29) is 12.0 Å². The molecule has 0 aliphatic rings. The first kappa shape index (κ1) is 28.7. The predicted molar refractivity (Wildman–Crippen MR) is 142 cm³/mol. The first-order chi connectivity index (χ1) is 16.0. The molecule has 0 aliphatic heterocycles. The van der Waals surface area contributed by atoms with E-state index in [9.17, 15) is 9.59 Å². The van der Waals surface area contributed by atoms with Crippen molar-refractivity contribution in [2.24, 2.45) is 7.05 Å². The lowest BCUT2D eigenvalue weighted by molar-refractivity contribution is -0.107. The van der Waals surface area contributed by atoms with Crippen LogP contribution in [0, 0.1) is 19.8 Å². The minimum absolute atomic E-state index is 0.0726. The minimum Gasteiger partial charge on any atom is -0.496 e. The molecule has 3 rings (SSSR count). The molecule has 1 N–H and O–H groups in total. The molecule has 0 saturated carbocycles. The number of aldehydes is 1. The number of carbonyl (C=O) groups excluding carboxylic acids is 1. The van der Waals surface area contributed by atoms with Crippen LogP contribution in [0.2, 0.25) is 0 Å². The lowest BCUT2D eigenvalue weighted by atomic mass is 9.93. The molecule has 0 amide bonds. The Morgan fingerprint density at radius 3 is 2.24 bits per heavy atom. The normalized spacial score (nSPS) is 10.5. The number of hydrogen-bond acceptors (Lipinski definition) is 4. The highest BCUT2D eigenvalue weighted by Gasteiger charge is 2.17. The van der Waals surface area contributed by atoms with Crippen molar-refractivity contribution >= 4 is 17.1 Å². The van der Waals surface area contributed by atoms with Gasteiger partial charge in [0.15, 0.2) is 0 Å². The Hall–Kier alpha value is -3.36. The Labute approximate surface area is 203 Å². The summed E-state index contributed by atoms with van der Waals surface area (Å²) >= 11 is 0. The third kappa shape index (κ3) is 7.33. The van der Waals surface area contributed by atoms with Gasteiger partial charge in [-0.05, 0) is 68.8 Å². The number of aryl methyl sites for hydroxylation is 2. The smallest absolute Gasteiger partial charge is 0.258 e. The van der Waals surface area contributed by atoms with Gasteiger partial charge in [-0.2, -0.15) is 0 Å². The predicted octanol–water partition coefficient (Wildman–Crippen LogP) is 5.24. The SMILES string of the molecule is C#C.CC(C)(C)O.CCCc1cc(-c2c(CC=O)n(C)c(=O)c3cc(C)ccc23)ccc1OC. The molecule has 0 aliphatic carbocycles. The molecule has 0 unspecified atom stereocenters. The van der Waals surface area contributed by atoms with Crippen LogP contribution in [0.4, 0.5) is 0 Å². The minimum atomic E-state index is -0.500. The summed E-state index contributed by atoms with van der Waals surface area (Å²) in [7, 11) is 3.42. The average molecular weight is 464 g/mol. The summed E-state index contributed by atoms with van der Waals surface area (Å²) < 4.78 is 7.11. The van der Waals surface area contributed by atoms with E-state index in [0.29, 0.717) is 5.39 Å². The molecule has 0 atom stereocenters. The van der Waals surface area contributed by atoms with Crippen molar-refractivity contribution in [2.75, 3.05) is 7.11 Å². The number of hydrogen-bond donors (Lipinski definition) is 1. The van der Waals surface area contributed by atoms with Crippen LogP contribution in [0.15, 0.2) is 41.2 Å². The average Bonchev–Trinajstić information content (AvgIpc) is 2.78. The number of aliphatic hydroxyl groups is 1. The molecule has 3 aromatic rings. The summed E-state index contributed by atoms with van der Waals surface area (Å²) in [6.45, 7) is 9.34. The van der Waals surface area contributed by atoms with E-state index in [1.165, 1.54) is 0 Å². The van der Waals surface area contributed by atoms with E-state index < -0.39 is 5.60 Å². The van der Waals surface area contributed by atoms with Crippen LogP contribution in [0.1, 0.15) is 50.9 Å². The number of ether oxygens (including phenoxy) is 1. The Morgan fingerprint density at radius 1 is 1.09 bits per heavy atom. The molecule has 2 aromatic carbocycles. The van der Waals surface area contributed by atoms with Crippen LogP contribution in [0.5, 0.6) is 5.75 Å². The van der Waals surface area contributed by atoms with E-state index in [1.807, 2.05) is 37.3 Å². The van der Waals surface area contributed by atoms with Crippen molar-refractivity contribution in [1.29, 1.82) is 0 Å². The zero-order valence-corrected chi connectivity index (χ0v) is 21.4. The maximum absolute atomic E-state index is 12.9. The third-order valence-electron chi connectivity index (χ3n) is 5.04. The second-order valence-electron chi connectivity index (χ2n) is 9.05. The molecule has 1 aromatic heterocycles. The molecule has 0 radical (unpaired) electrons. The van der Waals surface area contributed by atoms with Gasteiger partial charge in [0.2, 0.25) is 0 Å². The molecular weight excluding hydrogens is 426 g/mol. The number of methoxy groups -OCH3 is 1. The molecule has 1 heterocycles. The molecule has 5 nitrogen and oxygen atoms in total. The van der Waals surface area contributed by atoms with Gasteiger partial charge in [0.25, 0.3) is 5.56 Å². The largest absolute Gasteiger partial charge is 0.496 e. The lowest BCUT2D eigenvalue weighted by Crippen LogP contribution is -2.22. The van der Waals surface area contributed by atoms with Crippen LogP contribution in [-0.4, -0.2) is 28.7 Å². The van der Waals surface area contributed by atoms with Gasteiger partial charge < -0.3 is 19.2 Å². The number of aromatic nitrogens is 1. The highest BCUT2D eigenvalue weighted by Crippen LogP contribution is 2.34. The van der Waals surface area contributed by atoms with Gasteiger partial charge in [0.1, 0.15) is 12.0 Å². The first-order valence-electron chi connectivity index (χ1n) is 11.3. The summed E-state index contributed by atoms with van der Waals surface area (Å²) in [5, 5.41) is 10.1. The van der Waals surface area contributed by atoms with E-state index in [1.54, 1.807) is 39.5 Å². The number of benzene rings is 2. The molecule has 34 heavy (non-hydrogen) atoms. The molecule has 182 valence electrons. The zero-order valence-electron chi connectivity index (χ0n) is 21.4. The summed E-state index contributed by atoms with van der Waals surface area (Å²) in [6, 6.07) is 12.0. The van der Waals surface area contributed by atoms with Crippen LogP contribution in [0.3, 0.4) is 0 Å². The topological polar surface area (TPSA) is 68.5 Å². The van der Waals surface area contributed by atoms with Gasteiger partial charge in [0, 0.05) is 30.1 Å². The monoisotopic (exact) mass is 463 g/mol. The number of rotatable bonds is 6. The molecular formula is C29H37NO4. The number of pyridine rings is 1. The fourth-order valence-electron chi connectivity index (χ4n) is 3.72. The molecule has 0 saturated heterocycles. The van der Waals surface area contributed by atoms with E-state index >= 15 is 0 Å². The second kappa shape index (κ2) is 12.8. The van der Waals surface area contributed by atoms with Gasteiger partial charge in [0.05, 0.1) is 12.7 Å². The quantitative estimate of drug-likeness (QED) is 0.401. The summed E-state index contributed by atoms with van der Waals surface area (Å²) in [6.07, 6.45) is 11.0. The van der Waals surface area contributed by atoms with Gasteiger partial charge in [-0.3, -0.25) is 4.79 Å². The molecule has 0 spiro atoms. The van der Waals surface area contributed by atoms with E-state index in [2.05, 4.69) is 25.8 Å². The van der Waals surface area contributed by atoms with Crippen LogP contribution in [-0.2, 0) is 24.7 Å². The molecule has 0 bridgehead atoms. The van der Waals surface area contributed by atoms with Crippen LogP contribution in [0.25, 0.3) is 21.9 Å². The second-order valence-corrected chi connectivity index (χ2v) is 9.05. The first-order valence-corrected chi connectivity index (χ1v) is 11.3. The van der Waals surface area contributed by atoms with E-state index in [4.69, 9.17) is 9.84 Å². The van der Waals surface area contributed by atoms with Crippen molar-refractivity contribution in [2.45, 2.75) is 59.5 Å². The number of fused-ring (bicyclic) bond motifs is 1. The van der Waals surface area contributed by atoms with Gasteiger partial charge in [-0.15, -0.1) is 12.8 Å².